The second-order valence-corrected chi connectivity index (χ2v) is 4.90. The van der Waals surface area contributed by atoms with E-state index in [0.717, 1.165) is 6.07 Å². The summed E-state index contributed by atoms with van der Waals surface area (Å²) < 4.78 is 0. The maximum Gasteiger partial charge on any atom is 0.293 e. The zero-order valence-electron chi connectivity index (χ0n) is 12.9. The molecule has 0 heterocycles. The van der Waals surface area contributed by atoms with E-state index < -0.39 is 15.8 Å². The Kier molecular flexibility index (Phi) is 4.73. The Hall–Kier alpha value is -3.49. The monoisotopic (exact) mass is 330 g/mol. The van der Waals surface area contributed by atoms with Gasteiger partial charge in [-0.15, -0.1) is 0 Å². The number of carbonyl (C=O) groups excluding carboxylic acids is 1. The largest absolute Gasteiger partial charge is 0.383 e. The van der Waals surface area contributed by atoms with E-state index in [0.29, 0.717) is 5.56 Å². The smallest absolute Gasteiger partial charge is 0.293 e. The van der Waals surface area contributed by atoms with E-state index in [-0.39, 0.29) is 28.3 Å². The van der Waals surface area contributed by atoms with Gasteiger partial charge < -0.3 is 10.6 Å². The summed E-state index contributed by atoms with van der Waals surface area (Å²) in [7, 11) is 1.54. The Labute approximate surface area is 136 Å². The molecule has 2 rings (SSSR count). The molecule has 9 nitrogen and oxygen atoms in total. The van der Waals surface area contributed by atoms with Gasteiger partial charge in [-0.05, 0) is 25.1 Å². The summed E-state index contributed by atoms with van der Waals surface area (Å²) in [6, 6.07) is 8.31. The Morgan fingerprint density at radius 3 is 2.25 bits per heavy atom. The van der Waals surface area contributed by atoms with Gasteiger partial charge in [-0.25, -0.2) is 0 Å². The standard InChI is InChI=1S/C15H14N4O5/c1-9-11(4-3-5-13(9)18(21)22)17-15(20)10-6-7-12(16-2)14(8-10)19(23)24/h3-8,16H,1-2H3,(H,17,20). The first-order valence-corrected chi connectivity index (χ1v) is 6.86. The number of nitro groups is 2. The summed E-state index contributed by atoms with van der Waals surface area (Å²) in [5.41, 5.74) is 0.576. The molecule has 0 spiro atoms. The molecule has 0 aliphatic heterocycles. The van der Waals surface area contributed by atoms with E-state index in [1.165, 1.54) is 44.3 Å². The van der Waals surface area contributed by atoms with Gasteiger partial charge >= 0.3 is 0 Å². The third kappa shape index (κ3) is 3.29. The number of benzene rings is 2. The first-order chi connectivity index (χ1) is 11.3. The van der Waals surface area contributed by atoms with Crippen LogP contribution in [0.3, 0.4) is 0 Å². The van der Waals surface area contributed by atoms with Crippen LogP contribution in [0, 0.1) is 27.2 Å². The Morgan fingerprint density at radius 1 is 1.00 bits per heavy atom. The number of nitrogens with zero attached hydrogens (tertiary/aromatic N) is 2. The second kappa shape index (κ2) is 6.73. The van der Waals surface area contributed by atoms with Crippen molar-refractivity contribution in [3.63, 3.8) is 0 Å². The summed E-state index contributed by atoms with van der Waals surface area (Å²) in [6.45, 7) is 1.51. The van der Waals surface area contributed by atoms with Crippen molar-refractivity contribution in [2.24, 2.45) is 0 Å². The van der Waals surface area contributed by atoms with Gasteiger partial charge in [0, 0.05) is 24.7 Å². The molecule has 0 saturated carbocycles. The lowest BCUT2D eigenvalue weighted by Gasteiger charge is -2.09. The maximum absolute atomic E-state index is 12.3. The summed E-state index contributed by atoms with van der Waals surface area (Å²) >= 11 is 0. The van der Waals surface area contributed by atoms with Crippen molar-refractivity contribution >= 4 is 28.7 Å². The maximum atomic E-state index is 12.3. The van der Waals surface area contributed by atoms with Gasteiger partial charge in [0.05, 0.1) is 21.1 Å². The molecule has 0 bridgehead atoms. The van der Waals surface area contributed by atoms with Crippen LogP contribution in [0.4, 0.5) is 22.7 Å². The highest BCUT2D eigenvalue weighted by Gasteiger charge is 2.19. The Bertz CT molecular complexity index is 835. The van der Waals surface area contributed by atoms with Gasteiger partial charge in [-0.3, -0.25) is 25.0 Å². The Balaban J connectivity index is 2.34. The zero-order chi connectivity index (χ0) is 17.9. The van der Waals surface area contributed by atoms with E-state index >= 15 is 0 Å². The van der Waals surface area contributed by atoms with E-state index in [9.17, 15) is 25.0 Å². The summed E-state index contributed by atoms with van der Waals surface area (Å²) in [6.07, 6.45) is 0. The molecule has 24 heavy (non-hydrogen) atoms. The fourth-order valence-electron chi connectivity index (χ4n) is 2.19. The predicted molar refractivity (Wildman–Crippen MR) is 88.4 cm³/mol. The van der Waals surface area contributed by atoms with Crippen LogP contribution < -0.4 is 10.6 Å². The highest BCUT2D eigenvalue weighted by Crippen LogP contribution is 2.27. The number of amides is 1. The van der Waals surface area contributed by atoms with Crippen LogP contribution in [0.15, 0.2) is 36.4 Å². The molecular formula is C15H14N4O5. The minimum Gasteiger partial charge on any atom is -0.383 e. The number of anilines is 2. The van der Waals surface area contributed by atoms with Crippen LogP contribution in [-0.4, -0.2) is 22.8 Å². The van der Waals surface area contributed by atoms with Gasteiger partial charge in [-0.2, -0.15) is 0 Å². The summed E-state index contributed by atoms with van der Waals surface area (Å²) in [5.74, 6) is -0.593. The van der Waals surface area contributed by atoms with Crippen LogP contribution in [0.1, 0.15) is 15.9 Å². The molecule has 0 aliphatic carbocycles. The van der Waals surface area contributed by atoms with Crippen molar-refractivity contribution in [1.29, 1.82) is 0 Å². The molecule has 0 fully saturated rings. The predicted octanol–water partition coefficient (Wildman–Crippen LogP) is 3.11. The van der Waals surface area contributed by atoms with Gasteiger partial charge in [-0.1, -0.05) is 6.07 Å². The molecule has 124 valence electrons. The number of nitrogens with one attached hydrogen (secondary N) is 2. The average Bonchev–Trinajstić information content (AvgIpc) is 2.55. The molecule has 0 aliphatic rings. The first-order valence-electron chi connectivity index (χ1n) is 6.86. The van der Waals surface area contributed by atoms with Crippen molar-refractivity contribution in [2.45, 2.75) is 6.92 Å². The SMILES string of the molecule is CNc1ccc(C(=O)Nc2cccc([N+](=O)[O-])c2C)cc1[N+](=O)[O-]. The topological polar surface area (TPSA) is 127 Å². The molecule has 2 N–H and O–H groups in total. The van der Waals surface area contributed by atoms with E-state index in [2.05, 4.69) is 10.6 Å². The number of carbonyl (C=O) groups is 1. The average molecular weight is 330 g/mol. The fraction of sp³-hybridized carbons (Fsp3) is 0.133. The van der Waals surface area contributed by atoms with E-state index in [1.54, 1.807) is 0 Å². The number of nitro benzene ring substituents is 2. The molecule has 1 amide bonds. The minimum atomic E-state index is -0.596. The lowest BCUT2D eigenvalue weighted by Crippen LogP contribution is -2.13. The van der Waals surface area contributed by atoms with Crippen LogP contribution in [0.5, 0.6) is 0 Å². The van der Waals surface area contributed by atoms with Gasteiger partial charge in [0.2, 0.25) is 0 Å². The van der Waals surface area contributed by atoms with E-state index in [1.807, 2.05) is 0 Å². The molecule has 2 aromatic rings. The van der Waals surface area contributed by atoms with Gasteiger partial charge in [0.15, 0.2) is 0 Å². The van der Waals surface area contributed by atoms with Crippen molar-refractivity contribution in [3.8, 4) is 0 Å². The van der Waals surface area contributed by atoms with Gasteiger partial charge in [0.25, 0.3) is 17.3 Å². The highest BCUT2D eigenvalue weighted by atomic mass is 16.6. The normalized spacial score (nSPS) is 10.1. The minimum absolute atomic E-state index is 0.0756. The number of hydrogen-bond acceptors (Lipinski definition) is 6. The molecule has 0 unspecified atom stereocenters. The summed E-state index contributed by atoms with van der Waals surface area (Å²) in [4.78, 5) is 33.1. The Morgan fingerprint density at radius 2 is 1.67 bits per heavy atom. The second-order valence-electron chi connectivity index (χ2n) is 4.90. The molecule has 0 radical (unpaired) electrons. The summed E-state index contributed by atoms with van der Waals surface area (Å²) in [5, 5.41) is 27.2. The van der Waals surface area contributed by atoms with Crippen LogP contribution in [0.25, 0.3) is 0 Å². The third-order valence-corrected chi connectivity index (χ3v) is 3.48. The molecule has 9 heteroatoms. The van der Waals surface area contributed by atoms with Crippen molar-refractivity contribution in [1.82, 2.24) is 0 Å². The van der Waals surface area contributed by atoms with Crippen molar-refractivity contribution < 1.29 is 14.6 Å². The molecule has 0 aromatic heterocycles. The van der Waals surface area contributed by atoms with Crippen LogP contribution in [0.2, 0.25) is 0 Å². The van der Waals surface area contributed by atoms with Crippen LogP contribution >= 0.6 is 0 Å². The quantitative estimate of drug-likeness (QED) is 0.640. The molecule has 0 atom stereocenters. The highest BCUT2D eigenvalue weighted by molar-refractivity contribution is 6.05. The zero-order valence-corrected chi connectivity index (χ0v) is 12.9. The van der Waals surface area contributed by atoms with E-state index in [4.69, 9.17) is 0 Å². The van der Waals surface area contributed by atoms with Crippen molar-refractivity contribution in [3.05, 3.63) is 67.8 Å². The molecule has 0 saturated heterocycles. The lowest BCUT2D eigenvalue weighted by atomic mass is 10.1. The van der Waals surface area contributed by atoms with Crippen LogP contribution in [-0.2, 0) is 0 Å². The third-order valence-electron chi connectivity index (χ3n) is 3.48. The number of hydrogen-bond donors (Lipinski definition) is 2. The fourth-order valence-corrected chi connectivity index (χ4v) is 2.19. The molecular weight excluding hydrogens is 316 g/mol. The van der Waals surface area contributed by atoms with Crippen molar-refractivity contribution in [2.75, 3.05) is 17.7 Å². The molecule has 2 aromatic carbocycles. The first kappa shape index (κ1) is 16.9. The number of rotatable bonds is 5. The van der Waals surface area contributed by atoms with Gasteiger partial charge in [0.1, 0.15) is 5.69 Å². The lowest BCUT2D eigenvalue weighted by molar-refractivity contribution is -0.385.